The lowest BCUT2D eigenvalue weighted by Gasteiger charge is -2.28. The summed E-state index contributed by atoms with van der Waals surface area (Å²) >= 11 is 5.75. The van der Waals surface area contributed by atoms with Crippen LogP contribution in [-0.2, 0) is 9.59 Å². The molecule has 1 heterocycles. The van der Waals surface area contributed by atoms with Crippen molar-refractivity contribution in [3.63, 3.8) is 0 Å². The van der Waals surface area contributed by atoms with E-state index in [0.717, 1.165) is 12.3 Å². The standard InChI is InChI=1S/C17H13ClN4O6/c18-11-5-10(17(25)13(6-11)22(26)27)7-19-20-15(23)8-21-12-3-1-2-4-14(12)28-9-16(21)24/h1-7,25H,8-9H2,(H,20,23)/p-1/b19-7-. The molecule has 0 fully saturated rings. The van der Waals surface area contributed by atoms with Gasteiger partial charge in [0.1, 0.15) is 12.3 Å². The van der Waals surface area contributed by atoms with Crippen LogP contribution >= 0.6 is 11.6 Å². The van der Waals surface area contributed by atoms with E-state index in [-0.39, 0.29) is 23.7 Å². The molecule has 10 nitrogen and oxygen atoms in total. The fourth-order valence-corrected chi connectivity index (χ4v) is 2.73. The molecule has 1 aliphatic heterocycles. The topological polar surface area (TPSA) is 137 Å². The minimum absolute atomic E-state index is 0.0189. The first-order chi connectivity index (χ1) is 13.4. The lowest BCUT2D eigenvalue weighted by molar-refractivity contribution is -0.398. The number of hydrazone groups is 1. The number of nitrogens with zero attached hydrogens (tertiary/aromatic N) is 3. The normalized spacial score (nSPS) is 13.2. The molecule has 0 radical (unpaired) electrons. The highest BCUT2D eigenvalue weighted by Crippen LogP contribution is 2.31. The number of carbonyl (C=O) groups is 2. The van der Waals surface area contributed by atoms with Crippen LogP contribution in [0.25, 0.3) is 0 Å². The molecule has 2 aromatic carbocycles. The monoisotopic (exact) mass is 403 g/mol. The Hall–Kier alpha value is -3.66. The van der Waals surface area contributed by atoms with E-state index in [1.165, 1.54) is 11.0 Å². The molecule has 2 aromatic rings. The van der Waals surface area contributed by atoms with Gasteiger partial charge in [0.15, 0.2) is 6.61 Å². The van der Waals surface area contributed by atoms with Crippen LogP contribution in [-0.4, -0.2) is 36.1 Å². The van der Waals surface area contributed by atoms with Crippen LogP contribution in [0.3, 0.4) is 0 Å². The molecular formula is C17H12ClN4O6-. The summed E-state index contributed by atoms with van der Waals surface area (Å²) in [7, 11) is 0. The molecule has 1 N–H and O–H groups in total. The van der Waals surface area contributed by atoms with Gasteiger partial charge in [0.2, 0.25) is 0 Å². The Morgan fingerprint density at radius 1 is 1.39 bits per heavy atom. The Morgan fingerprint density at radius 2 is 2.14 bits per heavy atom. The third kappa shape index (κ3) is 4.01. The summed E-state index contributed by atoms with van der Waals surface area (Å²) in [5.41, 5.74) is 1.76. The fraction of sp³-hybridized carbons (Fsp3) is 0.118. The van der Waals surface area contributed by atoms with Crippen molar-refractivity contribution in [3.05, 3.63) is 57.1 Å². The largest absolute Gasteiger partial charge is 0.867 e. The molecule has 1 aliphatic rings. The first-order valence-corrected chi connectivity index (χ1v) is 8.23. The van der Waals surface area contributed by atoms with Crippen molar-refractivity contribution >= 4 is 41.0 Å². The van der Waals surface area contributed by atoms with Crippen LogP contribution in [0.5, 0.6) is 11.5 Å². The lowest BCUT2D eigenvalue weighted by Crippen LogP contribution is -2.44. The first-order valence-electron chi connectivity index (χ1n) is 7.86. The number of amides is 2. The van der Waals surface area contributed by atoms with Crippen molar-refractivity contribution < 1.29 is 24.4 Å². The Kier molecular flexibility index (Phi) is 5.41. The third-order valence-electron chi connectivity index (χ3n) is 3.76. The van der Waals surface area contributed by atoms with E-state index in [0.29, 0.717) is 11.4 Å². The number of para-hydroxylation sites is 2. The number of rotatable bonds is 5. The van der Waals surface area contributed by atoms with Gasteiger partial charge >= 0.3 is 0 Å². The van der Waals surface area contributed by atoms with Crippen LogP contribution in [0.1, 0.15) is 5.56 Å². The second-order valence-corrected chi connectivity index (χ2v) is 6.07. The number of hydrogen-bond acceptors (Lipinski definition) is 7. The summed E-state index contributed by atoms with van der Waals surface area (Å²) in [4.78, 5) is 35.4. The Bertz CT molecular complexity index is 994. The quantitative estimate of drug-likeness (QED) is 0.452. The maximum absolute atomic E-state index is 12.1. The minimum Gasteiger partial charge on any atom is -0.867 e. The zero-order chi connectivity index (χ0) is 20.3. The van der Waals surface area contributed by atoms with Gasteiger partial charge in [-0.15, -0.1) is 0 Å². The van der Waals surface area contributed by atoms with Gasteiger partial charge in [-0.1, -0.05) is 23.7 Å². The fourth-order valence-electron chi connectivity index (χ4n) is 2.51. The molecule has 0 unspecified atom stereocenters. The summed E-state index contributed by atoms with van der Waals surface area (Å²) < 4.78 is 5.29. The van der Waals surface area contributed by atoms with Crippen molar-refractivity contribution in [1.29, 1.82) is 0 Å². The molecule has 0 saturated heterocycles. The van der Waals surface area contributed by atoms with Crippen LogP contribution in [0.2, 0.25) is 5.02 Å². The smallest absolute Gasteiger partial charge is 0.265 e. The molecule has 144 valence electrons. The van der Waals surface area contributed by atoms with E-state index in [2.05, 4.69) is 10.5 Å². The van der Waals surface area contributed by atoms with E-state index < -0.39 is 28.2 Å². The molecule has 28 heavy (non-hydrogen) atoms. The van der Waals surface area contributed by atoms with Gasteiger partial charge < -0.3 is 9.84 Å². The van der Waals surface area contributed by atoms with Crippen molar-refractivity contribution in [3.8, 4) is 11.5 Å². The SMILES string of the molecule is O=C(CN1C(=O)COc2ccccc21)N/N=C\c1cc(Cl)cc([N+](=O)[O-])c1[O-]. The summed E-state index contributed by atoms with van der Waals surface area (Å²) in [6.07, 6.45) is 0.953. The Balaban J connectivity index is 1.70. The molecule has 3 rings (SSSR count). The highest BCUT2D eigenvalue weighted by atomic mass is 35.5. The number of ether oxygens (including phenoxy) is 1. The highest BCUT2D eigenvalue weighted by Gasteiger charge is 2.26. The summed E-state index contributed by atoms with van der Waals surface area (Å²) in [6.45, 7) is -0.518. The molecule has 0 aromatic heterocycles. The van der Waals surface area contributed by atoms with Crippen molar-refractivity contribution in [1.82, 2.24) is 5.43 Å². The number of nitro benzene ring substituents is 1. The van der Waals surface area contributed by atoms with E-state index in [1.54, 1.807) is 24.3 Å². The molecule has 0 atom stereocenters. The zero-order valence-electron chi connectivity index (χ0n) is 14.1. The lowest BCUT2D eigenvalue weighted by atomic mass is 10.2. The van der Waals surface area contributed by atoms with Gasteiger partial charge in [-0.05, 0) is 29.5 Å². The molecule has 2 amide bonds. The van der Waals surface area contributed by atoms with E-state index in [4.69, 9.17) is 16.3 Å². The first kappa shape index (κ1) is 19.1. The second-order valence-electron chi connectivity index (χ2n) is 5.63. The average molecular weight is 404 g/mol. The van der Waals surface area contributed by atoms with Crippen LogP contribution < -0.4 is 20.2 Å². The number of nitro groups is 1. The molecule has 0 bridgehead atoms. The second kappa shape index (κ2) is 7.92. The maximum atomic E-state index is 12.1. The zero-order valence-corrected chi connectivity index (χ0v) is 14.9. The number of nitrogens with one attached hydrogen (secondary N) is 1. The van der Waals surface area contributed by atoms with Gasteiger partial charge in [0.05, 0.1) is 16.8 Å². The van der Waals surface area contributed by atoms with E-state index in [9.17, 15) is 24.8 Å². The number of halogens is 1. The van der Waals surface area contributed by atoms with Crippen LogP contribution in [0.15, 0.2) is 41.5 Å². The van der Waals surface area contributed by atoms with Crippen molar-refractivity contribution in [2.24, 2.45) is 5.10 Å². The molecular weight excluding hydrogens is 392 g/mol. The molecule has 11 heteroatoms. The van der Waals surface area contributed by atoms with Crippen LogP contribution in [0, 0.1) is 10.1 Å². The average Bonchev–Trinajstić information content (AvgIpc) is 2.66. The Morgan fingerprint density at radius 3 is 2.89 bits per heavy atom. The predicted molar refractivity (Wildman–Crippen MR) is 97.6 cm³/mol. The van der Waals surface area contributed by atoms with Crippen molar-refractivity contribution in [2.75, 3.05) is 18.1 Å². The van der Waals surface area contributed by atoms with Gasteiger partial charge in [0.25, 0.3) is 17.5 Å². The van der Waals surface area contributed by atoms with Crippen LogP contribution in [0.4, 0.5) is 11.4 Å². The molecule has 0 saturated carbocycles. The van der Waals surface area contributed by atoms with Gasteiger partial charge in [-0.3, -0.25) is 24.6 Å². The number of benzene rings is 2. The molecule has 0 spiro atoms. The van der Waals surface area contributed by atoms with Gasteiger partial charge in [-0.2, -0.15) is 5.10 Å². The Labute approximate surface area is 163 Å². The van der Waals surface area contributed by atoms with E-state index in [1.807, 2.05) is 0 Å². The number of hydrogen-bond donors (Lipinski definition) is 1. The maximum Gasteiger partial charge on any atom is 0.265 e. The van der Waals surface area contributed by atoms with Gasteiger partial charge in [0, 0.05) is 11.1 Å². The molecule has 0 aliphatic carbocycles. The summed E-state index contributed by atoms with van der Waals surface area (Å²) in [6, 6.07) is 8.87. The third-order valence-corrected chi connectivity index (χ3v) is 3.98. The minimum atomic E-state index is -0.885. The van der Waals surface area contributed by atoms with E-state index >= 15 is 0 Å². The highest BCUT2D eigenvalue weighted by molar-refractivity contribution is 6.31. The number of anilines is 1. The summed E-state index contributed by atoms with van der Waals surface area (Å²) in [5.74, 6) is -1.44. The predicted octanol–water partition coefficient (Wildman–Crippen LogP) is 1.20. The number of carbonyl (C=O) groups excluding carboxylic acids is 2. The summed E-state index contributed by atoms with van der Waals surface area (Å²) in [5, 5.41) is 26.4. The van der Waals surface area contributed by atoms with Gasteiger partial charge in [-0.25, -0.2) is 5.43 Å². The van der Waals surface area contributed by atoms with Crippen molar-refractivity contribution in [2.45, 2.75) is 0 Å². The number of fused-ring (bicyclic) bond motifs is 1.